The molecule has 1 N–H and O–H groups in total. The predicted octanol–water partition coefficient (Wildman–Crippen LogP) is 4.52. The number of thioether (sulfide) groups is 1. The van der Waals surface area contributed by atoms with Crippen LogP contribution in [0.3, 0.4) is 0 Å². The molecule has 7 nitrogen and oxygen atoms in total. The maximum absolute atomic E-state index is 14.4. The Morgan fingerprint density at radius 1 is 1.10 bits per heavy atom. The quantitative estimate of drug-likeness (QED) is 0.264. The molecule has 6 atom stereocenters. The zero-order valence-corrected chi connectivity index (χ0v) is 25.0. The molecule has 0 aliphatic carbocycles. The summed E-state index contributed by atoms with van der Waals surface area (Å²) in [4.78, 5) is 48.6. The normalized spacial score (nSPS) is 28.6. The first-order chi connectivity index (χ1) is 19.2. The molecule has 3 unspecified atom stereocenters. The fraction of sp³-hybridized carbons (Fsp3) is 0.594. The van der Waals surface area contributed by atoms with Gasteiger partial charge in [-0.2, -0.15) is 0 Å². The van der Waals surface area contributed by atoms with E-state index in [-0.39, 0.29) is 41.5 Å². The standard InChI is InChI=1S/C32H45N3O4S/c1-6-17-33(22(3)4)31(39)28-32-23(5)21-25(40-32)26(27(32)30(38)35(28)19-13-8-9-14-20-36)29(37)34(18-7-2)24-15-11-10-12-16-24/h6-7,10-12,15-16,22-23,25-28,36H,1-2,8-9,13-14,17-21H2,3-5H3/t23?,25-,26+,27-,28?,32?/m0/s1. The maximum Gasteiger partial charge on any atom is 0.247 e. The summed E-state index contributed by atoms with van der Waals surface area (Å²) in [7, 11) is 0. The van der Waals surface area contributed by atoms with Crippen LogP contribution in [0.25, 0.3) is 0 Å². The molecule has 218 valence electrons. The summed E-state index contributed by atoms with van der Waals surface area (Å²) in [6.45, 7) is 15.3. The monoisotopic (exact) mass is 567 g/mol. The number of aliphatic hydroxyl groups is 1. The van der Waals surface area contributed by atoms with Crippen LogP contribution in [-0.2, 0) is 14.4 Å². The molecule has 3 heterocycles. The van der Waals surface area contributed by atoms with Crippen molar-refractivity contribution in [3.8, 4) is 0 Å². The van der Waals surface area contributed by atoms with E-state index in [4.69, 9.17) is 0 Å². The van der Waals surface area contributed by atoms with Gasteiger partial charge in [0.25, 0.3) is 0 Å². The van der Waals surface area contributed by atoms with Crippen molar-refractivity contribution in [2.75, 3.05) is 31.1 Å². The summed E-state index contributed by atoms with van der Waals surface area (Å²) in [5, 5.41) is 9.17. The lowest BCUT2D eigenvalue weighted by molar-refractivity contribution is -0.143. The minimum Gasteiger partial charge on any atom is -0.396 e. The number of aliphatic hydroxyl groups excluding tert-OH is 1. The smallest absolute Gasteiger partial charge is 0.247 e. The van der Waals surface area contributed by atoms with Crippen molar-refractivity contribution in [2.24, 2.45) is 17.8 Å². The Labute approximate surface area is 243 Å². The average Bonchev–Trinajstić information content (AvgIpc) is 3.53. The second-order valence-electron chi connectivity index (χ2n) is 11.7. The van der Waals surface area contributed by atoms with Gasteiger partial charge in [-0.25, -0.2) is 0 Å². The van der Waals surface area contributed by atoms with Gasteiger partial charge in [0, 0.05) is 43.2 Å². The Morgan fingerprint density at radius 3 is 2.40 bits per heavy atom. The molecule has 1 aromatic rings. The number of fused-ring (bicyclic) bond motifs is 1. The van der Waals surface area contributed by atoms with E-state index in [0.29, 0.717) is 19.6 Å². The number of carbonyl (C=O) groups excluding carboxylic acids is 3. The molecular formula is C32H45N3O4S. The molecular weight excluding hydrogens is 522 g/mol. The van der Waals surface area contributed by atoms with Crippen molar-refractivity contribution >= 4 is 35.2 Å². The second-order valence-corrected chi connectivity index (χ2v) is 13.2. The number of carbonyl (C=O) groups is 3. The number of unbranched alkanes of at least 4 members (excludes halogenated alkanes) is 3. The molecule has 3 aliphatic heterocycles. The first-order valence-electron chi connectivity index (χ1n) is 14.7. The van der Waals surface area contributed by atoms with Crippen molar-refractivity contribution in [1.82, 2.24) is 9.80 Å². The van der Waals surface area contributed by atoms with Gasteiger partial charge in [0.05, 0.1) is 16.6 Å². The molecule has 3 aliphatic rings. The molecule has 2 bridgehead atoms. The summed E-state index contributed by atoms with van der Waals surface area (Å²) in [5.41, 5.74) is 0.790. The Morgan fingerprint density at radius 2 is 1.77 bits per heavy atom. The molecule has 4 rings (SSSR count). The van der Waals surface area contributed by atoms with Crippen LogP contribution in [0.15, 0.2) is 55.6 Å². The number of anilines is 1. The fourth-order valence-corrected chi connectivity index (χ4v) is 9.57. The second kappa shape index (κ2) is 12.9. The van der Waals surface area contributed by atoms with Gasteiger partial charge in [-0.15, -0.1) is 24.9 Å². The summed E-state index contributed by atoms with van der Waals surface area (Å²) >= 11 is 1.72. The molecule has 0 saturated carbocycles. The zero-order chi connectivity index (χ0) is 29.0. The van der Waals surface area contributed by atoms with E-state index in [2.05, 4.69) is 20.1 Å². The van der Waals surface area contributed by atoms with Crippen molar-refractivity contribution in [1.29, 1.82) is 0 Å². The van der Waals surface area contributed by atoms with Crippen molar-refractivity contribution in [2.45, 2.75) is 75.0 Å². The number of hydrogen-bond acceptors (Lipinski definition) is 5. The average molecular weight is 568 g/mol. The van der Waals surface area contributed by atoms with E-state index in [1.165, 1.54) is 0 Å². The van der Waals surface area contributed by atoms with Crippen LogP contribution in [0.5, 0.6) is 0 Å². The number of nitrogens with zero attached hydrogens (tertiary/aromatic N) is 3. The molecule has 40 heavy (non-hydrogen) atoms. The van der Waals surface area contributed by atoms with Gasteiger partial charge in [-0.3, -0.25) is 14.4 Å². The minimum absolute atomic E-state index is 0.0126. The first kappa shape index (κ1) is 30.4. The molecule has 0 aromatic heterocycles. The molecule has 1 spiro atoms. The lowest BCUT2D eigenvalue weighted by atomic mass is 9.65. The third-order valence-corrected chi connectivity index (χ3v) is 11.0. The Bertz CT molecular complexity index is 1090. The molecule has 8 heteroatoms. The molecule has 3 saturated heterocycles. The minimum atomic E-state index is -0.644. The number of likely N-dealkylation sites (tertiary alicyclic amines) is 1. The maximum atomic E-state index is 14.4. The van der Waals surface area contributed by atoms with Crippen LogP contribution in [0, 0.1) is 17.8 Å². The van der Waals surface area contributed by atoms with E-state index < -0.39 is 22.6 Å². The number of amides is 3. The Kier molecular flexibility index (Phi) is 9.83. The van der Waals surface area contributed by atoms with Gasteiger partial charge >= 0.3 is 0 Å². The first-order valence-corrected chi connectivity index (χ1v) is 15.6. The van der Waals surface area contributed by atoms with E-state index >= 15 is 0 Å². The topological polar surface area (TPSA) is 81.2 Å². The van der Waals surface area contributed by atoms with Crippen LogP contribution < -0.4 is 4.90 Å². The highest BCUT2D eigenvalue weighted by atomic mass is 32.2. The summed E-state index contributed by atoms with van der Waals surface area (Å²) in [5.74, 6) is -1.07. The van der Waals surface area contributed by atoms with E-state index in [9.17, 15) is 19.5 Å². The van der Waals surface area contributed by atoms with Gasteiger partial charge in [-0.05, 0) is 51.2 Å². The summed E-state index contributed by atoms with van der Waals surface area (Å²) < 4.78 is -0.644. The van der Waals surface area contributed by atoms with Crippen molar-refractivity contribution < 1.29 is 19.5 Å². The van der Waals surface area contributed by atoms with Crippen LogP contribution in [0.2, 0.25) is 0 Å². The van der Waals surface area contributed by atoms with Crippen LogP contribution >= 0.6 is 11.8 Å². The number of benzene rings is 1. The van der Waals surface area contributed by atoms with Crippen molar-refractivity contribution in [3.05, 3.63) is 55.6 Å². The van der Waals surface area contributed by atoms with E-state index in [1.807, 2.05) is 54.0 Å². The third kappa shape index (κ3) is 5.25. The van der Waals surface area contributed by atoms with Crippen LogP contribution in [-0.4, -0.2) is 80.9 Å². The molecule has 1 aromatic carbocycles. The number of para-hydroxylation sites is 1. The number of rotatable bonds is 14. The Hall–Kier alpha value is -2.58. The lowest BCUT2D eigenvalue weighted by Crippen LogP contribution is -2.58. The molecule has 3 amide bonds. The third-order valence-electron chi connectivity index (χ3n) is 8.95. The highest BCUT2D eigenvalue weighted by molar-refractivity contribution is 8.02. The van der Waals surface area contributed by atoms with Gasteiger partial charge in [0.1, 0.15) is 6.04 Å². The highest BCUT2D eigenvalue weighted by Crippen LogP contribution is 2.69. The Balaban J connectivity index is 1.74. The lowest BCUT2D eigenvalue weighted by Gasteiger charge is -2.41. The van der Waals surface area contributed by atoms with E-state index in [1.54, 1.807) is 28.8 Å². The van der Waals surface area contributed by atoms with Crippen molar-refractivity contribution in [3.63, 3.8) is 0 Å². The van der Waals surface area contributed by atoms with Crippen LogP contribution in [0.1, 0.15) is 52.9 Å². The number of hydrogen-bond donors (Lipinski definition) is 1. The van der Waals surface area contributed by atoms with Crippen LogP contribution in [0.4, 0.5) is 5.69 Å². The van der Waals surface area contributed by atoms with Gasteiger partial charge in [0.15, 0.2) is 0 Å². The highest BCUT2D eigenvalue weighted by Gasteiger charge is 2.76. The summed E-state index contributed by atoms with van der Waals surface area (Å²) in [6, 6.07) is 8.91. The predicted molar refractivity (Wildman–Crippen MR) is 162 cm³/mol. The van der Waals surface area contributed by atoms with Gasteiger partial charge < -0.3 is 19.8 Å². The zero-order valence-electron chi connectivity index (χ0n) is 24.2. The fourth-order valence-electron chi connectivity index (χ4n) is 7.16. The van der Waals surface area contributed by atoms with Gasteiger partial charge in [0.2, 0.25) is 17.7 Å². The molecule has 3 fully saturated rings. The largest absolute Gasteiger partial charge is 0.396 e. The SMILES string of the molecule is C=CCN(C(=O)[C@@H]1[C@@H]2CC(C)C3(S2)C(C(=O)N(CC=C)C(C)C)N(CCCCCCO)C(=O)[C@H]13)c1ccccc1. The molecule has 0 radical (unpaired) electrons. The van der Waals surface area contributed by atoms with Gasteiger partial charge in [-0.1, -0.05) is 50.1 Å². The van der Waals surface area contributed by atoms with E-state index in [0.717, 1.165) is 37.8 Å². The summed E-state index contributed by atoms with van der Waals surface area (Å²) in [6.07, 6.45) is 7.51.